The number of aryl methyl sites for hydroxylation is 1. The van der Waals surface area contributed by atoms with Crippen LogP contribution >= 0.6 is 0 Å². The van der Waals surface area contributed by atoms with Crippen LogP contribution in [-0.2, 0) is 6.42 Å². The van der Waals surface area contributed by atoms with Gasteiger partial charge in [-0.25, -0.2) is 13.2 Å². The molecule has 0 aliphatic rings. The van der Waals surface area contributed by atoms with Crippen LogP contribution in [0.1, 0.15) is 18.4 Å². The van der Waals surface area contributed by atoms with Gasteiger partial charge in [0.05, 0.1) is 0 Å². The highest BCUT2D eigenvalue weighted by atomic mass is 19.1. The predicted molar refractivity (Wildman–Crippen MR) is 74.2 cm³/mol. The highest BCUT2D eigenvalue weighted by Gasteiger charge is 2.10. The summed E-state index contributed by atoms with van der Waals surface area (Å²) in [5.41, 5.74) is 0.984. The van der Waals surface area contributed by atoms with E-state index in [9.17, 15) is 13.2 Å². The molecular weight excluding hydrogens is 263 g/mol. The number of nitrogens with one attached hydrogen (secondary N) is 1. The van der Waals surface area contributed by atoms with Crippen LogP contribution in [0.5, 0.6) is 0 Å². The van der Waals surface area contributed by atoms with Crippen molar-refractivity contribution < 1.29 is 13.2 Å². The van der Waals surface area contributed by atoms with Gasteiger partial charge in [-0.2, -0.15) is 0 Å². The summed E-state index contributed by atoms with van der Waals surface area (Å²) >= 11 is 0. The van der Waals surface area contributed by atoms with Gasteiger partial charge in [0.1, 0.15) is 11.5 Å². The fourth-order valence-electron chi connectivity index (χ4n) is 2.02. The first kappa shape index (κ1) is 14.4. The summed E-state index contributed by atoms with van der Waals surface area (Å²) in [6.07, 6.45) is 2.63. The maximum Gasteiger partial charge on any atom is 0.152 e. The van der Waals surface area contributed by atoms with E-state index >= 15 is 0 Å². The Morgan fingerprint density at radius 3 is 2.15 bits per heavy atom. The Balaban J connectivity index is 1.76. The van der Waals surface area contributed by atoms with E-state index in [1.165, 1.54) is 5.56 Å². The average Bonchev–Trinajstić information content (AvgIpc) is 2.42. The van der Waals surface area contributed by atoms with Crippen LogP contribution < -0.4 is 5.32 Å². The molecule has 0 unspecified atom stereocenters. The number of halogens is 3. The molecule has 2 aromatic rings. The molecule has 106 valence electrons. The molecule has 1 nitrogen and oxygen atoms in total. The number of benzene rings is 2. The number of hydrogen-bond donors (Lipinski definition) is 1. The van der Waals surface area contributed by atoms with Crippen LogP contribution in [0.2, 0.25) is 0 Å². The Labute approximate surface area is 116 Å². The number of anilines is 1. The summed E-state index contributed by atoms with van der Waals surface area (Å²) in [4.78, 5) is 0. The van der Waals surface area contributed by atoms with Crippen LogP contribution in [-0.4, -0.2) is 6.54 Å². The van der Waals surface area contributed by atoms with Crippen molar-refractivity contribution in [3.05, 3.63) is 65.5 Å². The van der Waals surface area contributed by atoms with Crippen molar-refractivity contribution in [3.8, 4) is 0 Å². The number of rotatable bonds is 6. The lowest BCUT2D eigenvalue weighted by atomic mass is 10.1. The van der Waals surface area contributed by atoms with E-state index in [-0.39, 0.29) is 5.69 Å². The van der Waals surface area contributed by atoms with Crippen LogP contribution in [0.4, 0.5) is 18.9 Å². The van der Waals surface area contributed by atoms with E-state index in [0.717, 1.165) is 19.3 Å². The first-order valence-corrected chi connectivity index (χ1v) is 6.59. The van der Waals surface area contributed by atoms with Crippen molar-refractivity contribution in [1.82, 2.24) is 0 Å². The summed E-state index contributed by atoms with van der Waals surface area (Å²) in [6, 6.07) is 11.4. The van der Waals surface area contributed by atoms with E-state index in [1.807, 2.05) is 30.3 Å². The van der Waals surface area contributed by atoms with Crippen molar-refractivity contribution >= 4 is 5.69 Å². The summed E-state index contributed by atoms with van der Waals surface area (Å²) < 4.78 is 39.4. The highest BCUT2D eigenvalue weighted by Crippen LogP contribution is 2.20. The largest absolute Gasteiger partial charge is 0.380 e. The molecule has 0 fully saturated rings. The Bertz CT molecular complexity index is 532. The van der Waals surface area contributed by atoms with Gasteiger partial charge in [0.25, 0.3) is 0 Å². The van der Waals surface area contributed by atoms with Crippen LogP contribution in [0.3, 0.4) is 0 Å². The summed E-state index contributed by atoms with van der Waals surface area (Å²) in [7, 11) is 0. The number of hydrogen-bond acceptors (Lipinski definition) is 1. The third kappa shape index (κ3) is 4.02. The molecule has 0 bridgehead atoms. The molecule has 0 saturated heterocycles. The fourth-order valence-corrected chi connectivity index (χ4v) is 2.02. The second-order valence-electron chi connectivity index (χ2n) is 4.61. The molecule has 0 saturated carbocycles. The second-order valence-corrected chi connectivity index (χ2v) is 4.61. The van der Waals surface area contributed by atoms with Crippen molar-refractivity contribution in [2.75, 3.05) is 11.9 Å². The Kier molecular flexibility index (Phi) is 5.04. The summed E-state index contributed by atoms with van der Waals surface area (Å²) in [5, 5.41) is 2.68. The summed E-state index contributed by atoms with van der Waals surface area (Å²) in [6.45, 7) is 0.451. The molecule has 2 aromatic carbocycles. The Hall–Kier alpha value is -1.97. The van der Waals surface area contributed by atoms with Gasteiger partial charge in [-0.15, -0.1) is 0 Å². The lowest BCUT2D eigenvalue weighted by Crippen LogP contribution is -2.06. The molecule has 0 heterocycles. The zero-order valence-corrected chi connectivity index (χ0v) is 11.0. The maximum atomic E-state index is 13.3. The van der Waals surface area contributed by atoms with E-state index in [1.54, 1.807) is 0 Å². The second kappa shape index (κ2) is 6.98. The van der Waals surface area contributed by atoms with Gasteiger partial charge < -0.3 is 5.32 Å². The van der Waals surface area contributed by atoms with E-state index in [0.29, 0.717) is 18.7 Å². The zero-order valence-electron chi connectivity index (χ0n) is 11.0. The lowest BCUT2D eigenvalue weighted by molar-refractivity contribution is 0.546. The minimum Gasteiger partial charge on any atom is -0.380 e. The third-order valence-electron chi connectivity index (χ3n) is 3.04. The van der Waals surface area contributed by atoms with E-state index in [4.69, 9.17) is 0 Å². The molecule has 0 atom stereocenters. The minimum atomic E-state index is -0.908. The molecule has 0 spiro atoms. The maximum absolute atomic E-state index is 13.3. The molecule has 1 N–H and O–H groups in total. The molecule has 0 radical (unpaired) electrons. The zero-order chi connectivity index (χ0) is 14.4. The van der Waals surface area contributed by atoms with Gasteiger partial charge in [0.15, 0.2) is 11.6 Å². The minimum absolute atomic E-state index is 0.258. The summed E-state index contributed by atoms with van der Waals surface area (Å²) in [5.74, 6) is -2.70. The molecule has 0 amide bonds. The molecule has 0 aliphatic carbocycles. The van der Waals surface area contributed by atoms with Crippen LogP contribution in [0, 0.1) is 17.5 Å². The first-order valence-electron chi connectivity index (χ1n) is 6.59. The lowest BCUT2D eigenvalue weighted by Gasteiger charge is -2.09. The quantitative estimate of drug-likeness (QED) is 0.765. The van der Waals surface area contributed by atoms with Gasteiger partial charge >= 0.3 is 0 Å². The topological polar surface area (TPSA) is 12.0 Å². The third-order valence-corrected chi connectivity index (χ3v) is 3.04. The van der Waals surface area contributed by atoms with Crippen molar-refractivity contribution in [1.29, 1.82) is 0 Å². The van der Waals surface area contributed by atoms with Crippen molar-refractivity contribution in [2.45, 2.75) is 19.3 Å². The first-order chi connectivity index (χ1) is 9.66. The van der Waals surface area contributed by atoms with Crippen molar-refractivity contribution in [3.63, 3.8) is 0 Å². The molecular formula is C16H16F3N. The predicted octanol–water partition coefficient (Wildman–Crippen LogP) is 4.54. The van der Waals surface area contributed by atoms with Gasteiger partial charge in [0, 0.05) is 18.7 Å². The SMILES string of the molecule is Fc1cc(F)c(NCCCCc2ccccc2)c(F)c1. The van der Waals surface area contributed by atoms with Crippen molar-refractivity contribution in [2.24, 2.45) is 0 Å². The Morgan fingerprint density at radius 1 is 0.850 bits per heavy atom. The van der Waals surface area contributed by atoms with Gasteiger partial charge in [-0.1, -0.05) is 30.3 Å². The fraction of sp³-hybridized carbons (Fsp3) is 0.250. The monoisotopic (exact) mass is 279 g/mol. The molecule has 0 aliphatic heterocycles. The molecule has 0 aromatic heterocycles. The normalized spacial score (nSPS) is 10.6. The van der Waals surface area contributed by atoms with Gasteiger partial charge in [-0.05, 0) is 24.8 Å². The van der Waals surface area contributed by atoms with Crippen LogP contribution in [0.25, 0.3) is 0 Å². The van der Waals surface area contributed by atoms with Crippen LogP contribution in [0.15, 0.2) is 42.5 Å². The molecule has 2 rings (SSSR count). The Morgan fingerprint density at radius 2 is 1.50 bits per heavy atom. The standard InChI is InChI=1S/C16H16F3N/c17-13-10-14(18)16(15(19)11-13)20-9-5-4-8-12-6-2-1-3-7-12/h1-3,6-7,10-11,20H,4-5,8-9H2. The van der Waals surface area contributed by atoms with Gasteiger partial charge in [-0.3, -0.25) is 0 Å². The van der Waals surface area contributed by atoms with E-state index in [2.05, 4.69) is 5.32 Å². The smallest absolute Gasteiger partial charge is 0.152 e. The highest BCUT2D eigenvalue weighted by molar-refractivity contribution is 5.46. The molecule has 20 heavy (non-hydrogen) atoms. The molecule has 4 heteroatoms. The van der Waals surface area contributed by atoms with Gasteiger partial charge in [0.2, 0.25) is 0 Å². The van der Waals surface area contributed by atoms with E-state index < -0.39 is 17.5 Å². The number of unbranched alkanes of at least 4 members (excludes halogenated alkanes) is 1. The average molecular weight is 279 g/mol.